The van der Waals surface area contributed by atoms with E-state index in [0.717, 1.165) is 42.9 Å². The van der Waals surface area contributed by atoms with Crippen LogP contribution >= 0.6 is 15.9 Å². The van der Waals surface area contributed by atoms with Gasteiger partial charge in [-0.3, -0.25) is 9.80 Å². The van der Waals surface area contributed by atoms with Crippen LogP contribution in [-0.4, -0.2) is 60.3 Å². The van der Waals surface area contributed by atoms with Crippen molar-refractivity contribution in [2.45, 2.75) is 12.6 Å². The number of aliphatic hydroxyl groups is 1. The first-order valence-electron chi connectivity index (χ1n) is 8.75. The standard InChI is InChI=1S/C20H25BrN2O2/c21-19-8-4-5-9-20(19)25-16-18(24)15-23-12-10-22(11-13-23)14-17-6-2-1-3-7-17/h1-9,18,24H,10-16H2/t18-/m1/s1. The third-order valence-corrected chi connectivity index (χ3v) is 5.11. The summed E-state index contributed by atoms with van der Waals surface area (Å²) in [6.07, 6.45) is -0.479. The molecule has 0 saturated carbocycles. The molecule has 0 aliphatic carbocycles. The summed E-state index contributed by atoms with van der Waals surface area (Å²) in [4.78, 5) is 4.78. The Hall–Kier alpha value is -1.40. The van der Waals surface area contributed by atoms with E-state index in [1.807, 2.05) is 24.3 Å². The molecule has 0 amide bonds. The maximum Gasteiger partial charge on any atom is 0.133 e. The van der Waals surface area contributed by atoms with Crippen LogP contribution in [0.2, 0.25) is 0 Å². The third kappa shape index (κ3) is 5.82. The van der Waals surface area contributed by atoms with Gasteiger partial charge in [0.15, 0.2) is 0 Å². The summed E-state index contributed by atoms with van der Waals surface area (Å²) < 4.78 is 6.62. The average Bonchev–Trinajstić information content (AvgIpc) is 2.64. The van der Waals surface area contributed by atoms with Crippen molar-refractivity contribution in [3.05, 3.63) is 64.6 Å². The van der Waals surface area contributed by atoms with E-state index in [1.165, 1.54) is 5.56 Å². The SMILES string of the molecule is O[C@@H](COc1ccccc1Br)CN1CCN(Cc2ccccc2)CC1. The summed E-state index contributed by atoms with van der Waals surface area (Å²) in [5, 5.41) is 10.3. The summed E-state index contributed by atoms with van der Waals surface area (Å²) in [5.41, 5.74) is 1.36. The highest BCUT2D eigenvalue weighted by molar-refractivity contribution is 9.10. The molecule has 0 radical (unpaired) electrons. The number of rotatable bonds is 7. The van der Waals surface area contributed by atoms with Gasteiger partial charge in [-0.05, 0) is 33.6 Å². The number of β-amino-alcohol motifs (C(OH)–C–C–N with tert-alkyl or cyclic N) is 1. The van der Waals surface area contributed by atoms with Gasteiger partial charge in [-0.15, -0.1) is 0 Å². The fourth-order valence-electron chi connectivity index (χ4n) is 3.07. The van der Waals surface area contributed by atoms with Crippen molar-refractivity contribution in [1.29, 1.82) is 0 Å². The zero-order valence-electron chi connectivity index (χ0n) is 14.4. The second kappa shape index (κ2) is 9.34. The van der Waals surface area contributed by atoms with E-state index in [1.54, 1.807) is 0 Å². The van der Waals surface area contributed by atoms with Crippen molar-refractivity contribution >= 4 is 15.9 Å². The molecule has 4 nitrogen and oxygen atoms in total. The summed E-state index contributed by atoms with van der Waals surface area (Å²) >= 11 is 3.46. The molecule has 1 aliphatic heterocycles. The van der Waals surface area contributed by atoms with E-state index in [9.17, 15) is 5.11 Å². The maximum atomic E-state index is 10.3. The number of piperazine rings is 1. The molecule has 2 aromatic rings. The van der Waals surface area contributed by atoms with Crippen LogP contribution in [0.5, 0.6) is 5.75 Å². The van der Waals surface area contributed by atoms with Crippen LogP contribution in [-0.2, 0) is 6.54 Å². The van der Waals surface area contributed by atoms with E-state index in [2.05, 4.69) is 56.1 Å². The highest BCUT2D eigenvalue weighted by Gasteiger charge is 2.19. The minimum Gasteiger partial charge on any atom is -0.490 e. The van der Waals surface area contributed by atoms with Crippen molar-refractivity contribution in [1.82, 2.24) is 9.80 Å². The number of benzene rings is 2. The normalized spacial score (nSPS) is 17.4. The highest BCUT2D eigenvalue weighted by atomic mass is 79.9. The Bertz CT molecular complexity index is 645. The van der Waals surface area contributed by atoms with E-state index in [0.29, 0.717) is 13.2 Å². The number of ether oxygens (including phenoxy) is 1. The second-order valence-electron chi connectivity index (χ2n) is 6.46. The number of halogens is 1. The number of hydrogen-bond acceptors (Lipinski definition) is 4. The zero-order valence-corrected chi connectivity index (χ0v) is 15.9. The lowest BCUT2D eigenvalue weighted by Crippen LogP contribution is -2.48. The van der Waals surface area contributed by atoms with Gasteiger partial charge in [0, 0.05) is 39.3 Å². The molecule has 1 saturated heterocycles. The number of para-hydroxylation sites is 1. The Labute approximate surface area is 158 Å². The average molecular weight is 405 g/mol. The minimum absolute atomic E-state index is 0.312. The number of nitrogens with zero attached hydrogens (tertiary/aromatic N) is 2. The van der Waals surface area contributed by atoms with Crippen LogP contribution in [0.25, 0.3) is 0 Å². The van der Waals surface area contributed by atoms with Gasteiger partial charge < -0.3 is 9.84 Å². The predicted octanol–water partition coefficient (Wildman–Crippen LogP) is 3.01. The number of hydrogen-bond donors (Lipinski definition) is 1. The molecule has 1 atom stereocenters. The molecule has 5 heteroatoms. The van der Waals surface area contributed by atoms with E-state index in [-0.39, 0.29) is 0 Å². The van der Waals surface area contributed by atoms with Crippen LogP contribution in [0.4, 0.5) is 0 Å². The Balaban J connectivity index is 1.37. The van der Waals surface area contributed by atoms with Gasteiger partial charge in [-0.2, -0.15) is 0 Å². The van der Waals surface area contributed by atoms with Crippen molar-refractivity contribution in [2.24, 2.45) is 0 Å². The molecule has 25 heavy (non-hydrogen) atoms. The van der Waals surface area contributed by atoms with Crippen molar-refractivity contribution in [2.75, 3.05) is 39.3 Å². The Morgan fingerprint density at radius 2 is 1.56 bits per heavy atom. The quantitative estimate of drug-likeness (QED) is 0.769. The van der Waals surface area contributed by atoms with E-state index < -0.39 is 6.10 Å². The molecule has 0 bridgehead atoms. The highest BCUT2D eigenvalue weighted by Crippen LogP contribution is 2.23. The Kier molecular flexibility index (Phi) is 6.87. The molecule has 0 unspecified atom stereocenters. The fourth-order valence-corrected chi connectivity index (χ4v) is 3.47. The van der Waals surface area contributed by atoms with Crippen molar-refractivity contribution in [3.63, 3.8) is 0 Å². The van der Waals surface area contributed by atoms with Gasteiger partial charge in [0.1, 0.15) is 18.5 Å². The molecular formula is C20H25BrN2O2. The molecule has 0 spiro atoms. The van der Waals surface area contributed by atoms with Crippen LogP contribution in [0.1, 0.15) is 5.56 Å². The predicted molar refractivity (Wildman–Crippen MR) is 104 cm³/mol. The summed E-state index contributed by atoms with van der Waals surface area (Å²) in [5.74, 6) is 0.772. The van der Waals surface area contributed by atoms with Crippen LogP contribution in [0.3, 0.4) is 0 Å². The maximum absolute atomic E-state index is 10.3. The summed E-state index contributed by atoms with van der Waals surface area (Å²) in [6.45, 7) is 6.01. The second-order valence-corrected chi connectivity index (χ2v) is 7.31. The lowest BCUT2D eigenvalue weighted by Gasteiger charge is -2.35. The lowest BCUT2D eigenvalue weighted by molar-refractivity contribution is 0.0444. The van der Waals surface area contributed by atoms with Gasteiger partial charge in [-0.25, -0.2) is 0 Å². The zero-order chi connectivity index (χ0) is 17.5. The molecule has 1 aliphatic rings. The van der Waals surface area contributed by atoms with Gasteiger partial charge in [0.2, 0.25) is 0 Å². The van der Waals surface area contributed by atoms with E-state index in [4.69, 9.17) is 4.74 Å². The molecular weight excluding hydrogens is 380 g/mol. The smallest absolute Gasteiger partial charge is 0.133 e. The van der Waals surface area contributed by atoms with Crippen LogP contribution in [0.15, 0.2) is 59.1 Å². The first-order valence-corrected chi connectivity index (χ1v) is 9.54. The molecule has 1 heterocycles. The molecule has 1 fully saturated rings. The van der Waals surface area contributed by atoms with E-state index >= 15 is 0 Å². The monoisotopic (exact) mass is 404 g/mol. The molecule has 1 N–H and O–H groups in total. The van der Waals surface area contributed by atoms with Crippen LogP contribution < -0.4 is 4.74 Å². The molecule has 3 rings (SSSR count). The topological polar surface area (TPSA) is 35.9 Å². The Morgan fingerprint density at radius 3 is 2.28 bits per heavy atom. The summed E-state index contributed by atoms with van der Waals surface area (Å²) in [7, 11) is 0. The Morgan fingerprint density at radius 1 is 0.920 bits per heavy atom. The van der Waals surface area contributed by atoms with Gasteiger partial charge >= 0.3 is 0 Å². The van der Waals surface area contributed by atoms with Gasteiger partial charge in [-0.1, -0.05) is 42.5 Å². The van der Waals surface area contributed by atoms with Crippen LogP contribution in [0, 0.1) is 0 Å². The molecule has 2 aromatic carbocycles. The van der Waals surface area contributed by atoms with Gasteiger partial charge in [0.05, 0.1) is 4.47 Å². The first-order chi connectivity index (χ1) is 12.2. The minimum atomic E-state index is -0.479. The largest absolute Gasteiger partial charge is 0.490 e. The lowest BCUT2D eigenvalue weighted by atomic mass is 10.2. The van der Waals surface area contributed by atoms with Crippen molar-refractivity contribution < 1.29 is 9.84 Å². The summed E-state index contributed by atoms with van der Waals surface area (Å²) in [6, 6.07) is 18.3. The fraction of sp³-hybridized carbons (Fsp3) is 0.400. The van der Waals surface area contributed by atoms with Crippen molar-refractivity contribution in [3.8, 4) is 5.75 Å². The third-order valence-electron chi connectivity index (χ3n) is 4.45. The molecule has 0 aromatic heterocycles. The first kappa shape index (κ1) is 18.4. The van der Waals surface area contributed by atoms with Gasteiger partial charge in [0.25, 0.3) is 0 Å². The number of aliphatic hydroxyl groups excluding tert-OH is 1. The molecule has 134 valence electrons.